The molecule has 0 unspecified atom stereocenters. The van der Waals surface area contributed by atoms with Crippen molar-refractivity contribution in [3.8, 4) is 0 Å². The highest BCUT2D eigenvalue weighted by molar-refractivity contribution is 6.61. The summed E-state index contributed by atoms with van der Waals surface area (Å²) >= 11 is 4.97. The maximum Gasteiger partial charge on any atom is 0.404 e. The fourth-order valence-corrected chi connectivity index (χ4v) is 1.57. The first-order valence-corrected chi connectivity index (χ1v) is 6.36. The SMILES string of the molecule is C[C@@H]1CNCCN1.O=C(Cl)OCc1ccccc1. The van der Waals surface area contributed by atoms with Crippen LogP contribution in [0.2, 0.25) is 0 Å². The fraction of sp³-hybridized carbons (Fsp3) is 0.462. The first-order valence-electron chi connectivity index (χ1n) is 5.99. The summed E-state index contributed by atoms with van der Waals surface area (Å²) in [5, 5.41) is 6.59. The van der Waals surface area contributed by atoms with Gasteiger partial charge in [-0.25, -0.2) is 4.79 Å². The van der Waals surface area contributed by atoms with Crippen LogP contribution in [0.5, 0.6) is 0 Å². The lowest BCUT2D eigenvalue weighted by Gasteiger charge is -2.19. The molecule has 1 aromatic carbocycles. The highest BCUT2D eigenvalue weighted by Gasteiger charge is 2.03. The summed E-state index contributed by atoms with van der Waals surface area (Å²) in [4.78, 5) is 10.2. The van der Waals surface area contributed by atoms with Gasteiger partial charge in [0.25, 0.3) is 0 Å². The largest absolute Gasteiger partial charge is 0.449 e. The summed E-state index contributed by atoms with van der Waals surface area (Å²) < 4.78 is 4.55. The summed E-state index contributed by atoms with van der Waals surface area (Å²) in [6, 6.07) is 10.0. The van der Waals surface area contributed by atoms with Crippen LogP contribution in [0.3, 0.4) is 0 Å². The monoisotopic (exact) mass is 270 g/mol. The van der Waals surface area contributed by atoms with Crippen LogP contribution in [0, 0.1) is 0 Å². The Morgan fingerprint density at radius 2 is 2.11 bits per heavy atom. The molecule has 2 N–H and O–H groups in total. The van der Waals surface area contributed by atoms with E-state index in [0.717, 1.165) is 25.2 Å². The summed E-state index contributed by atoms with van der Waals surface area (Å²) in [7, 11) is 0. The van der Waals surface area contributed by atoms with E-state index in [4.69, 9.17) is 11.6 Å². The molecule has 0 radical (unpaired) electrons. The third-order valence-electron chi connectivity index (χ3n) is 2.44. The number of halogens is 1. The van der Waals surface area contributed by atoms with E-state index in [1.807, 2.05) is 30.3 Å². The molecule has 100 valence electrons. The Labute approximate surface area is 113 Å². The molecule has 18 heavy (non-hydrogen) atoms. The van der Waals surface area contributed by atoms with Crippen LogP contribution in [-0.4, -0.2) is 31.1 Å². The minimum absolute atomic E-state index is 0.239. The average Bonchev–Trinajstić information content (AvgIpc) is 2.39. The maximum absolute atomic E-state index is 10.2. The molecule has 1 saturated heterocycles. The Hall–Kier alpha value is -1.10. The quantitative estimate of drug-likeness (QED) is 0.809. The van der Waals surface area contributed by atoms with Crippen molar-refractivity contribution in [1.82, 2.24) is 10.6 Å². The molecule has 1 fully saturated rings. The molecule has 5 heteroatoms. The summed E-state index contributed by atoms with van der Waals surface area (Å²) in [5.41, 5.74) is 0.162. The van der Waals surface area contributed by atoms with Crippen molar-refractivity contribution in [2.75, 3.05) is 19.6 Å². The van der Waals surface area contributed by atoms with Crippen LogP contribution < -0.4 is 10.6 Å². The van der Waals surface area contributed by atoms with Gasteiger partial charge in [0.2, 0.25) is 0 Å². The molecule has 0 spiro atoms. The molecule has 0 saturated carbocycles. The molecule has 0 amide bonds. The van der Waals surface area contributed by atoms with Crippen LogP contribution in [-0.2, 0) is 11.3 Å². The number of rotatable bonds is 2. The molecule has 1 aliphatic rings. The number of hydrogen-bond donors (Lipinski definition) is 2. The minimum Gasteiger partial charge on any atom is -0.449 e. The second-order valence-electron chi connectivity index (χ2n) is 4.07. The first-order chi connectivity index (χ1) is 8.68. The normalized spacial score (nSPS) is 18.4. The Morgan fingerprint density at radius 3 is 2.56 bits per heavy atom. The molecule has 1 atom stereocenters. The topological polar surface area (TPSA) is 50.4 Å². The number of carbonyl (C=O) groups is 1. The van der Waals surface area contributed by atoms with Gasteiger partial charge in [-0.2, -0.15) is 0 Å². The van der Waals surface area contributed by atoms with Crippen molar-refractivity contribution in [2.45, 2.75) is 19.6 Å². The van der Waals surface area contributed by atoms with Crippen LogP contribution in [0.1, 0.15) is 12.5 Å². The van der Waals surface area contributed by atoms with E-state index >= 15 is 0 Å². The van der Waals surface area contributed by atoms with Gasteiger partial charge < -0.3 is 15.4 Å². The van der Waals surface area contributed by atoms with Gasteiger partial charge in [-0.1, -0.05) is 30.3 Å². The summed E-state index contributed by atoms with van der Waals surface area (Å²) in [5.74, 6) is 0. The molecule has 0 aliphatic carbocycles. The molecule has 0 bridgehead atoms. The fourth-order valence-electron chi connectivity index (χ4n) is 1.51. The second kappa shape index (κ2) is 8.91. The van der Waals surface area contributed by atoms with E-state index in [1.165, 1.54) is 0 Å². The van der Waals surface area contributed by atoms with Gasteiger partial charge >= 0.3 is 5.43 Å². The lowest BCUT2D eigenvalue weighted by molar-refractivity contribution is 0.167. The van der Waals surface area contributed by atoms with Crippen molar-refractivity contribution in [1.29, 1.82) is 0 Å². The standard InChI is InChI=1S/C8H7ClO2.C5H12N2/c9-8(10)11-6-7-4-2-1-3-5-7;1-5-4-6-2-3-7-5/h1-5H,6H2;5-7H,2-4H2,1H3/t;5-/m.1/s1. The van der Waals surface area contributed by atoms with Crippen LogP contribution in [0.25, 0.3) is 0 Å². The lowest BCUT2D eigenvalue weighted by Crippen LogP contribution is -2.46. The predicted molar refractivity (Wildman–Crippen MR) is 72.8 cm³/mol. The van der Waals surface area contributed by atoms with E-state index in [2.05, 4.69) is 22.3 Å². The number of nitrogens with one attached hydrogen (secondary N) is 2. The smallest absolute Gasteiger partial charge is 0.404 e. The average molecular weight is 271 g/mol. The van der Waals surface area contributed by atoms with E-state index < -0.39 is 5.43 Å². The van der Waals surface area contributed by atoms with Crippen molar-refractivity contribution >= 4 is 17.0 Å². The molecule has 1 aromatic rings. The third-order valence-corrected chi connectivity index (χ3v) is 2.55. The zero-order chi connectivity index (χ0) is 13.2. The van der Waals surface area contributed by atoms with E-state index in [0.29, 0.717) is 6.04 Å². The molecule has 2 rings (SSSR count). The third kappa shape index (κ3) is 7.27. The Bertz CT molecular complexity index is 340. The summed E-state index contributed by atoms with van der Waals surface area (Å²) in [6.45, 7) is 5.81. The minimum atomic E-state index is -0.770. The lowest BCUT2D eigenvalue weighted by atomic mass is 10.2. The van der Waals surface area contributed by atoms with Crippen LogP contribution in [0.15, 0.2) is 30.3 Å². The first kappa shape index (κ1) is 15.0. The molecule has 1 heterocycles. The molecular formula is C13H19ClN2O2. The number of benzene rings is 1. The van der Waals surface area contributed by atoms with Gasteiger partial charge in [0, 0.05) is 37.3 Å². The van der Waals surface area contributed by atoms with E-state index in [-0.39, 0.29) is 6.61 Å². The van der Waals surface area contributed by atoms with Gasteiger partial charge in [0.15, 0.2) is 0 Å². The zero-order valence-electron chi connectivity index (χ0n) is 10.5. The van der Waals surface area contributed by atoms with Crippen molar-refractivity contribution in [3.63, 3.8) is 0 Å². The van der Waals surface area contributed by atoms with Crippen molar-refractivity contribution < 1.29 is 9.53 Å². The van der Waals surface area contributed by atoms with E-state index in [9.17, 15) is 4.79 Å². The van der Waals surface area contributed by atoms with Gasteiger partial charge in [-0.3, -0.25) is 0 Å². The maximum atomic E-state index is 10.2. The summed E-state index contributed by atoms with van der Waals surface area (Å²) in [6.07, 6.45) is 0. The van der Waals surface area contributed by atoms with E-state index in [1.54, 1.807) is 0 Å². The highest BCUT2D eigenvalue weighted by Crippen LogP contribution is 2.01. The highest BCUT2D eigenvalue weighted by atomic mass is 35.5. The number of hydrogen-bond acceptors (Lipinski definition) is 4. The second-order valence-corrected chi connectivity index (χ2v) is 4.38. The van der Waals surface area contributed by atoms with Crippen molar-refractivity contribution in [2.24, 2.45) is 0 Å². The number of piperazine rings is 1. The van der Waals surface area contributed by atoms with Crippen LogP contribution >= 0.6 is 11.6 Å². The number of carbonyl (C=O) groups excluding carboxylic acids is 1. The molecule has 0 aromatic heterocycles. The number of ether oxygens (including phenoxy) is 1. The Morgan fingerprint density at radius 1 is 1.39 bits per heavy atom. The van der Waals surface area contributed by atoms with Gasteiger partial charge in [0.1, 0.15) is 6.61 Å². The molecule has 4 nitrogen and oxygen atoms in total. The molecule has 1 aliphatic heterocycles. The molecular weight excluding hydrogens is 252 g/mol. The van der Waals surface area contributed by atoms with Gasteiger partial charge in [0.05, 0.1) is 0 Å². The van der Waals surface area contributed by atoms with Crippen molar-refractivity contribution in [3.05, 3.63) is 35.9 Å². The zero-order valence-corrected chi connectivity index (χ0v) is 11.2. The predicted octanol–water partition coefficient (Wildman–Crippen LogP) is 2.13. The van der Waals surface area contributed by atoms with Gasteiger partial charge in [-0.05, 0) is 12.5 Å². The van der Waals surface area contributed by atoms with Crippen LogP contribution in [0.4, 0.5) is 4.79 Å². The Kier molecular flexibility index (Phi) is 7.41. The van der Waals surface area contributed by atoms with Gasteiger partial charge in [-0.15, -0.1) is 0 Å². The Balaban J connectivity index is 0.000000199.